The first-order valence-corrected chi connectivity index (χ1v) is 6.08. The van der Waals surface area contributed by atoms with E-state index in [4.69, 9.17) is 5.84 Å². The molecule has 8 heteroatoms. The highest BCUT2D eigenvalue weighted by atomic mass is 32.1. The minimum absolute atomic E-state index is 0.471. The molecule has 0 aliphatic rings. The third-order valence-corrected chi connectivity index (χ3v) is 3.24. The van der Waals surface area contributed by atoms with E-state index < -0.39 is 17.8 Å². The zero-order chi connectivity index (χ0) is 14.0. The van der Waals surface area contributed by atoms with Crippen molar-refractivity contribution in [3.05, 3.63) is 46.8 Å². The summed E-state index contributed by atoms with van der Waals surface area (Å²) in [5.74, 6) is 5.45. The smallest absolute Gasteiger partial charge is 0.271 e. The molecular formula is C11H11F3N4S. The van der Waals surface area contributed by atoms with Gasteiger partial charge in [0.15, 0.2) is 0 Å². The number of aromatic nitrogens is 2. The molecule has 3 N–H and O–H groups in total. The van der Waals surface area contributed by atoms with Crippen LogP contribution in [0.15, 0.2) is 24.4 Å². The van der Waals surface area contributed by atoms with Gasteiger partial charge >= 0.3 is 6.18 Å². The summed E-state index contributed by atoms with van der Waals surface area (Å²) in [6.07, 6.45) is -2.82. The van der Waals surface area contributed by atoms with Crippen molar-refractivity contribution in [2.75, 3.05) is 0 Å². The fourth-order valence-corrected chi connectivity index (χ4v) is 2.26. The van der Waals surface area contributed by atoms with E-state index in [1.54, 1.807) is 6.92 Å². The topological polar surface area (TPSA) is 63.8 Å². The maximum absolute atomic E-state index is 12.6. The zero-order valence-electron chi connectivity index (χ0n) is 9.90. The monoisotopic (exact) mass is 288 g/mol. The summed E-state index contributed by atoms with van der Waals surface area (Å²) < 4.78 is 45.7. The van der Waals surface area contributed by atoms with Gasteiger partial charge in [-0.05, 0) is 30.2 Å². The maximum Gasteiger partial charge on any atom is 0.416 e. The molecule has 0 fully saturated rings. The van der Waals surface area contributed by atoms with Gasteiger partial charge in [0.05, 0.1) is 35.2 Å². The summed E-state index contributed by atoms with van der Waals surface area (Å²) in [6.45, 7) is 1.61. The van der Waals surface area contributed by atoms with E-state index in [2.05, 4.69) is 14.2 Å². The molecule has 4 nitrogen and oxygen atoms in total. The van der Waals surface area contributed by atoms with Crippen molar-refractivity contribution in [1.29, 1.82) is 0 Å². The van der Waals surface area contributed by atoms with Gasteiger partial charge in [-0.1, -0.05) is 6.07 Å². The normalized spacial score (nSPS) is 13.5. The zero-order valence-corrected chi connectivity index (χ0v) is 10.7. The molecule has 0 aliphatic carbocycles. The van der Waals surface area contributed by atoms with Crippen LogP contribution >= 0.6 is 11.7 Å². The lowest BCUT2D eigenvalue weighted by molar-refractivity contribution is -0.137. The van der Waals surface area contributed by atoms with Crippen LogP contribution in [-0.4, -0.2) is 8.75 Å². The predicted octanol–water partition coefficient (Wildman–Crippen LogP) is 2.42. The van der Waals surface area contributed by atoms with Crippen LogP contribution in [0.1, 0.15) is 28.4 Å². The molecule has 1 aromatic heterocycles. The first-order chi connectivity index (χ1) is 8.93. The van der Waals surface area contributed by atoms with Crippen molar-refractivity contribution >= 4 is 11.7 Å². The van der Waals surface area contributed by atoms with Gasteiger partial charge in [-0.15, -0.1) is 0 Å². The number of rotatable bonds is 3. The van der Waals surface area contributed by atoms with E-state index in [1.807, 2.05) is 0 Å². The van der Waals surface area contributed by atoms with Crippen LogP contribution in [-0.2, 0) is 6.18 Å². The lowest BCUT2D eigenvalue weighted by Crippen LogP contribution is -2.29. The van der Waals surface area contributed by atoms with E-state index in [0.717, 1.165) is 23.9 Å². The molecule has 0 radical (unpaired) electrons. The summed E-state index contributed by atoms with van der Waals surface area (Å²) in [4.78, 5) is 0. The highest BCUT2D eigenvalue weighted by Gasteiger charge is 2.31. The van der Waals surface area contributed by atoms with Crippen LogP contribution in [0.5, 0.6) is 0 Å². The number of hydrogen-bond donors (Lipinski definition) is 2. The second-order valence-electron chi connectivity index (χ2n) is 4.00. The van der Waals surface area contributed by atoms with Gasteiger partial charge in [0, 0.05) is 0 Å². The third-order valence-electron chi connectivity index (χ3n) is 2.75. The van der Waals surface area contributed by atoms with Gasteiger partial charge in [0.2, 0.25) is 0 Å². The van der Waals surface area contributed by atoms with Crippen LogP contribution in [0.3, 0.4) is 0 Å². The molecule has 1 atom stereocenters. The summed E-state index contributed by atoms with van der Waals surface area (Å²) in [7, 11) is 0. The first kappa shape index (κ1) is 13.9. The number of nitrogens with two attached hydrogens (primary N) is 1. The summed E-state index contributed by atoms with van der Waals surface area (Å²) in [6, 6.07) is 3.06. The van der Waals surface area contributed by atoms with Crippen LogP contribution in [0.25, 0.3) is 0 Å². The molecular weight excluding hydrogens is 277 g/mol. The highest BCUT2D eigenvalue weighted by molar-refractivity contribution is 6.99. The fourth-order valence-electron chi connectivity index (χ4n) is 1.81. The van der Waals surface area contributed by atoms with Crippen molar-refractivity contribution in [3.8, 4) is 0 Å². The summed E-state index contributed by atoms with van der Waals surface area (Å²) in [5.41, 5.74) is 3.58. The van der Waals surface area contributed by atoms with Crippen molar-refractivity contribution in [3.63, 3.8) is 0 Å². The summed E-state index contributed by atoms with van der Waals surface area (Å²) in [5, 5.41) is 0. The molecule has 2 aromatic rings. The minimum Gasteiger partial charge on any atom is -0.271 e. The fraction of sp³-hybridized carbons (Fsp3) is 0.273. The second-order valence-corrected chi connectivity index (χ2v) is 4.56. The quantitative estimate of drug-likeness (QED) is 0.672. The Morgan fingerprint density at radius 3 is 2.58 bits per heavy atom. The number of benzene rings is 1. The average Bonchev–Trinajstić information content (AvgIpc) is 2.84. The Bertz CT molecular complexity index is 554. The van der Waals surface area contributed by atoms with Gasteiger partial charge in [0.25, 0.3) is 0 Å². The second kappa shape index (κ2) is 5.24. The average molecular weight is 288 g/mol. The largest absolute Gasteiger partial charge is 0.416 e. The Hall–Kier alpha value is -1.51. The van der Waals surface area contributed by atoms with Crippen molar-refractivity contribution in [2.24, 2.45) is 5.84 Å². The molecule has 1 aromatic carbocycles. The van der Waals surface area contributed by atoms with Gasteiger partial charge in [-0.3, -0.25) is 5.84 Å². The lowest BCUT2D eigenvalue weighted by atomic mass is 9.97. The Kier molecular flexibility index (Phi) is 3.83. The van der Waals surface area contributed by atoms with Crippen LogP contribution in [0.4, 0.5) is 13.2 Å². The van der Waals surface area contributed by atoms with Gasteiger partial charge in [0.1, 0.15) is 0 Å². The van der Waals surface area contributed by atoms with Crippen LogP contribution in [0.2, 0.25) is 0 Å². The third kappa shape index (κ3) is 2.91. The van der Waals surface area contributed by atoms with Crippen molar-refractivity contribution < 1.29 is 13.2 Å². The number of alkyl halides is 3. The van der Waals surface area contributed by atoms with Crippen LogP contribution < -0.4 is 11.3 Å². The van der Waals surface area contributed by atoms with Gasteiger partial charge < -0.3 is 0 Å². The molecule has 1 unspecified atom stereocenters. The molecule has 0 spiro atoms. The molecule has 2 rings (SSSR count). The lowest BCUT2D eigenvalue weighted by Gasteiger charge is -2.17. The van der Waals surface area contributed by atoms with Gasteiger partial charge in [-0.2, -0.15) is 21.9 Å². The van der Waals surface area contributed by atoms with E-state index in [1.165, 1.54) is 12.3 Å². The van der Waals surface area contributed by atoms with Crippen molar-refractivity contribution in [1.82, 2.24) is 14.2 Å². The van der Waals surface area contributed by atoms with E-state index in [9.17, 15) is 13.2 Å². The Morgan fingerprint density at radius 2 is 2.11 bits per heavy atom. The molecule has 0 aliphatic heterocycles. The van der Waals surface area contributed by atoms with E-state index in [-0.39, 0.29) is 0 Å². The SMILES string of the molecule is Cc1cc(C(F)(F)F)ccc1C(NN)c1cnsn1. The standard InChI is InChI=1S/C11H11F3N4S/c1-6-4-7(11(12,13)14)2-3-8(6)10(17-15)9-5-16-19-18-9/h2-5,10,17H,15H2,1H3. The van der Waals surface area contributed by atoms with E-state index >= 15 is 0 Å². The molecule has 0 bridgehead atoms. The number of halogens is 3. The van der Waals surface area contributed by atoms with E-state index in [0.29, 0.717) is 16.8 Å². The Labute approximate surface area is 111 Å². The van der Waals surface area contributed by atoms with Crippen molar-refractivity contribution in [2.45, 2.75) is 19.1 Å². The molecule has 0 saturated heterocycles. The maximum atomic E-state index is 12.6. The van der Waals surface area contributed by atoms with Crippen LogP contribution in [0, 0.1) is 6.92 Å². The predicted molar refractivity (Wildman–Crippen MR) is 65.3 cm³/mol. The summed E-state index contributed by atoms with van der Waals surface area (Å²) >= 11 is 1.02. The number of nitrogens with zero attached hydrogens (tertiary/aromatic N) is 2. The molecule has 102 valence electrons. The first-order valence-electron chi connectivity index (χ1n) is 5.35. The van der Waals surface area contributed by atoms with Gasteiger partial charge in [-0.25, -0.2) is 5.43 Å². The molecule has 0 saturated carbocycles. The number of hydrogen-bond acceptors (Lipinski definition) is 5. The minimum atomic E-state index is -4.35. The highest BCUT2D eigenvalue weighted by Crippen LogP contribution is 2.32. The molecule has 0 amide bonds. The Morgan fingerprint density at radius 1 is 1.37 bits per heavy atom. The molecule has 19 heavy (non-hydrogen) atoms. The Balaban J connectivity index is 2.40. The number of nitrogens with one attached hydrogen (secondary N) is 1. The number of aryl methyl sites for hydroxylation is 1. The molecule has 1 heterocycles. The number of hydrazine groups is 1.